The van der Waals surface area contributed by atoms with Gasteiger partial charge in [-0.25, -0.2) is 4.79 Å². The van der Waals surface area contributed by atoms with Crippen molar-refractivity contribution in [1.82, 2.24) is 9.97 Å². The highest BCUT2D eigenvalue weighted by Crippen LogP contribution is 2.04. The summed E-state index contributed by atoms with van der Waals surface area (Å²) in [5.41, 5.74) is 1.73. The standard InChI is InChI=1S/C9H14N2O2Si/c1-14(2,3)5-4-7-6-10-9(13)11-8(7)12/h4-6H,1-3H3,(H2,10,11,12,13)/b5-4+. The van der Waals surface area contributed by atoms with Crippen LogP contribution in [0.15, 0.2) is 21.5 Å². The quantitative estimate of drug-likeness (QED) is 0.714. The molecular weight excluding hydrogens is 196 g/mol. The van der Waals surface area contributed by atoms with Crippen LogP contribution in [-0.4, -0.2) is 18.0 Å². The van der Waals surface area contributed by atoms with Crippen LogP contribution in [0.5, 0.6) is 0 Å². The highest BCUT2D eigenvalue weighted by molar-refractivity contribution is 6.81. The third-order valence-electron chi connectivity index (χ3n) is 1.61. The number of hydrogen-bond donors (Lipinski definition) is 2. The van der Waals surface area contributed by atoms with Crippen LogP contribution in [0.4, 0.5) is 0 Å². The highest BCUT2D eigenvalue weighted by Gasteiger charge is 2.07. The SMILES string of the molecule is C[Si](C)(C)/C=C/c1c[nH]c(=O)[nH]c1=O. The van der Waals surface area contributed by atoms with Gasteiger partial charge in [-0.05, 0) is 0 Å². The monoisotopic (exact) mass is 210 g/mol. The van der Waals surface area contributed by atoms with Crippen molar-refractivity contribution in [3.05, 3.63) is 38.3 Å². The maximum Gasteiger partial charge on any atom is 0.325 e. The molecule has 0 saturated carbocycles. The Hall–Kier alpha value is -1.36. The third kappa shape index (κ3) is 3.18. The lowest BCUT2D eigenvalue weighted by atomic mass is 10.3. The molecule has 0 aliphatic rings. The Bertz CT molecular complexity index is 451. The first-order chi connectivity index (χ1) is 6.38. The molecule has 0 aliphatic carbocycles. The molecule has 0 radical (unpaired) electrons. The second kappa shape index (κ2) is 3.79. The topological polar surface area (TPSA) is 65.7 Å². The summed E-state index contributed by atoms with van der Waals surface area (Å²) in [6.07, 6.45) is 3.19. The Morgan fingerprint density at radius 3 is 2.43 bits per heavy atom. The summed E-state index contributed by atoms with van der Waals surface area (Å²) in [5.74, 6) is 0. The summed E-state index contributed by atoms with van der Waals surface area (Å²) in [4.78, 5) is 26.6. The van der Waals surface area contributed by atoms with Gasteiger partial charge in [0.25, 0.3) is 5.56 Å². The summed E-state index contributed by atoms with van der Waals surface area (Å²) in [7, 11) is -1.30. The van der Waals surface area contributed by atoms with E-state index in [1.165, 1.54) is 6.20 Å². The Morgan fingerprint density at radius 2 is 1.93 bits per heavy atom. The van der Waals surface area contributed by atoms with Gasteiger partial charge < -0.3 is 4.98 Å². The molecule has 0 bridgehead atoms. The average molecular weight is 210 g/mol. The fourth-order valence-corrected chi connectivity index (χ4v) is 1.56. The summed E-state index contributed by atoms with van der Waals surface area (Å²) in [6, 6.07) is 0. The van der Waals surface area contributed by atoms with Gasteiger partial charge in [0.05, 0.1) is 13.6 Å². The van der Waals surface area contributed by atoms with Crippen molar-refractivity contribution in [3.63, 3.8) is 0 Å². The van der Waals surface area contributed by atoms with Crippen LogP contribution in [0, 0.1) is 0 Å². The molecule has 0 spiro atoms. The van der Waals surface area contributed by atoms with Crippen molar-refractivity contribution in [3.8, 4) is 0 Å². The minimum atomic E-state index is -1.30. The lowest BCUT2D eigenvalue weighted by Crippen LogP contribution is -2.23. The Morgan fingerprint density at radius 1 is 1.29 bits per heavy atom. The molecule has 1 heterocycles. The largest absolute Gasteiger partial charge is 0.325 e. The van der Waals surface area contributed by atoms with Gasteiger partial charge in [0.15, 0.2) is 0 Å². The zero-order chi connectivity index (χ0) is 10.8. The molecule has 0 atom stereocenters. The maximum absolute atomic E-state index is 11.2. The van der Waals surface area contributed by atoms with Gasteiger partial charge in [-0.2, -0.15) is 0 Å². The smallest absolute Gasteiger partial charge is 0.314 e. The average Bonchev–Trinajstić information content (AvgIpc) is 2.00. The Balaban J connectivity index is 3.05. The first kappa shape index (κ1) is 10.7. The van der Waals surface area contributed by atoms with Gasteiger partial charge in [-0.3, -0.25) is 9.78 Å². The maximum atomic E-state index is 11.2. The first-order valence-electron chi connectivity index (χ1n) is 4.40. The number of rotatable bonds is 2. The van der Waals surface area contributed by atoms with E-state index in [2.05, 4.69) is 35.3 Å². The van der Waals surface area contributed by atoms with Gasteiger partial charge in [0, 0.05) is 6.20 Å². The van der Waals surface area contributed by atoms with E-state index in [4.69, 9.17) is 0 Å². The van der Waals surface area contributed by atoms with E-state index in [9.17, 15) is 9.59 Å². The normalized spacial score (nSPS) is 12.2. The summed E-state index contributed by atoms with van der Waals surface area (Å²) >= 11 is 0. The summed E-state index contributed by atoms with van der Waals surface area (Å²) in [5, 5.41) is 0. The van der Waals surface area contributed by atoms with E-state index in [0.717, 1.165) is 0 Å². The fourth-order valence-electron chi connectivity index (χ4n) is 0.884. The van der Waals surface area contributed by atoms with Crippen LogP contribution in [0.3, 0.4) is 0 Å². The lowest BCUT2D eigenvalue weighted by Gasteiger charge is -2.07. The van der Waals surface area contributed by atoms with Gasteiger partial charge in [-0.15, -0.1) is 0 Å². The van der Waals surface area contributed by atoms with Crippen molar-refractivity contribution >= 4 is 14.1 Å². The highest BCUT2D eigenvalue weighted by atomic mass is 28.3. The molecule has 14 heavy (non-hydrogen) atoms. The predicted octanol–water partition coefficient (Wildman–Crippen LogP) is 0.954. The van der Waals surface area contributed by atoms with E-state index in [-0.39, 0.29) is 5.56 Å². The minimum Gasteiger partial charge on any atom is -0.314 e. The molecule has 5 heteroatoms. The van der Waals surface area contributed by atoms with Crippen molar-refractivity contribution in [2.75, 3.05) is 0 Å². The molecule has 1 aromatic rings. The molecular formula is C9H14N2O2Si. The second-order valence-electron chi connectivity index (χ2n) is 4.23. The van der Waals surface area contributed by atoms with E-state index in [1.54, 1.807) is 6.08 Å². The summed E-state index contributed by atoms with van der Waals surface area (Å²) < 4.78 is 0. The predicted molar refractivity (Wildman–Crippen MR) is 60.1 cm³/mol. The molecule has 0 aromatic carbocycles. The molecule has 0 saturated heterocycles. The molecule has 0 aliphatic heterocycles. The van der Waals surface area contributed by atoms with Crippen molar-refractivity contribution in [2.24, 2.45) is 0 Å². The fraction of sp³-hybridized carbons (Fsp3) is 0.333. The number of nitrogens with one attached hydrogen (secondary N) is 2. The zero-order valence-corrected chi connectivity index (χ0v) is 9.55. The van der Waals surface area contributed by atoms with E-state index >= 15 is 0 Å². The Labute approximate surface area is 82.7 Å². The molecule has 0 fully saturated rings. The van der Waals surface area contributed by atoms with Crippen molar-refractivity contribution < 1.29 is 0 Å². The van der Waals surface area contributed by atoms with Gasteiger partial charge in [0.2, 0.25) is 0 Å². The van der Waals surface area contributed by atoms with E-state index < -0.39 is 13.8 Å². The number of aromatic amines is 2. The van der Waals surface area contributed by atoms with Crippen molar-refractivity contribution in [2.45, 2.75) is 19.6 Å². The number of aromatic nitrogens is 2. The van der Waals surface area contributed by atoms with Gasteiger partial charge in [-0.1, -0.05) is 31.4 Å². The van der Waals surface area contributed by atoms with Crippen LogP contribution in [-0.2, 0) is 0 Å². The molecule has 0 unspecified atom stereocenters. The van der Waals surface area contributed by atoms with Crippen LogP contribution in [0.1, 0.15) is 5.56 Å². The Kier molecular flexibility index (Phi) is 2.90. The van der Waals surface area contributed by atoms with Gasteiger partial charge in [0.1, 0.15) is 0 Å². The first-order valence-corrected chi connectivity index (χ1v) is 7.97. The molecule has 0 amide bonds. The summed E-state index contributed by atoms with van der Waals surface area (Å²) in [6.45, 7) is 6.51. The third-order valence-corrected chi connectivity index (χ3v) is 2.78. The molecule has 1 aromatic heterocycles. The number of H-pyrrole nitrogens is 2. The van der Waals surface area contributed by atoms with Crippen LogP contribution < -0.4 is 11.2 Å². The van der Waals surface area contributed by atoms with Crippen molar-refractivity contribution in [1.29, 1.82) is 0 Å². The second-order valence-corrected chi connectivity index (χ2v) is 9.29. The zero-order valence-electron chi connectivity index (χ0n) is 8.55. The molecule has 4 nitrogen and oxygen atoms in total. The van der Waals surface area contributed by atoms with Gasteiger partial charge >= 0.3 is 5.69 Å². The molecule has 76 valence electrons. The molecule has 2 N–H and O–H groups in total. The van der Waals surface area contributed by atoms with Crippen LogP contribution in [0.2, 0.25) is 19.6 Å². The number of hydrogen-bond acceptors (Lipinski definition) is 2. The molecule has 1 rings (SSSR count). The van der Waals surface area contributed by atoms with Crippen LogP contribution in [0.25, 0.3) is 6.08 Å². The lowest BCUT2D eigenvalue weighted by molar-refractivity contribution is 1.03. The van der Waals surface area contributed by atoms with E-state index in [1.807, 2.05) is 0 Å². The van der Waals surface area contributed by atoms with E-state index in [0.29, 0.717) is 5.56 Å². The minimum absolute atomic E-state index is 0.344. The van der Waals surface area contributed by atoms with Crippen LogP contribution >= 0.6 is 0 Å².